The smallest absolute Gasteiger partial charge is 0.419 e. The van der Waals surface area contributed by atoms with Crippen molar-refractivity contribution in [3.63, 3.8) is 0 Å². The Morgan fingerprint density at radius 1 is 1.00 bits per heavy atom. The standard InChI is InChI=1S/C14H11F4NO/c15-11-5-3-6-12(19)9(11)8-20-13-7-2-1-4-10(13)14(16,17)18/h1-7H,8,19H2. The van der Waals surface area contributed by atoms with Gasteiger partial charge in [0.25, 0.3) is 0 Å². The average Bonchev–Trinajstić information content (AvgIpc) is 2.37. The third kappa shape index (κ3) is 3.01. The Bertz CT molecular complexity index is 590. The number of ether oxygens (including phenoxy) is 1. The summed E-state index contributed by atoms with van der Waals surface area (Å²) in [6.07, 6.45) is -4.53. The van der Waals surface area contributed by atoms with Gasteiger partial charge in [0.2, 0.25) is 0 Å². The van der Waals surface area contributed by atoms with Crippen molar-refractivity contribution in [1.29, 1.82) is 0 Å². The van der Waals surface area contributed by atoms with Crippen molar-refractivity contribution in [1.82, 2.24) is 0 Å². The Hall–Kier alpha value is -2.24. The number of rotatable bonds is 3. The van der Waals surface area contributed by atoms with Crippen LogP contribution < -0.4 is 10.5 Å². The van der Waals surface area contributed by atoms with Gasteiger partial charge in [0.15, 0.2) is 0 Å². The van der Waals surface area contributed by atoms with E-state index in [2.05, 4.69) is 0 Å². The SMILES string of the molecule is Nc1cccc(F)c1COc1ccccc1C(F)(F)F. The van der Waals surface area contributed by atoms with E-state index in [9.17, 15) is 17.6 Å². The minimum atomic E-state index is -4.53. The number of benzene rings is 2. The summed E-state index contributed by atoms with van der Waals surface area (Å²) in [6, 6.07) is 8.79. The third-order valence-corrected chi connectivity index (χ3v) is 2.72. The summed E-state index contributed by atoms with van der Waals surface area (Å²) >= 11 is 0. The summed E-state index contributed by atoms with van der Waals surface area (Å²) in [6.45, 7) is -0.369. The van der Waals surface area contributed by atoms with Crippen LogP contribution in [0.15, 0.2) is 42.5 Å². The van der Waals surface area contributed by atoms with Gasteiger partial charge in [-0.25, -0.2) is 4.39 Å². The molecule has 2 aromatic rings. The second-order valence-corrected chi connectivity index (χ2v) is 4.09. The molecule has 0 unspecified atom stereocenters. The third-order valence-electron chi connectivity index (χ3n) is 2.72. The molecule has 0 bridgehead atoms. The first-order valence-corrected chi connectivity index (χ1v) is 5.71. The lowest BCUT2D eigenvalue weighted by Gasteiger charge is -2.14. The number of hydrogen-bond acceptors (Lipinski definition) is 2. The zero-order chi connectivity index (χ0) is 14.8. The summed E-state index contributed by atoms with van der Waals surface area (Å²) in [4.78, 5) is 0. The van der Waals surface area contributed by atoms with Crippen LogP contribution in [0.4, 0.5) is 23.2 Å². The largest absolute Gasteiger partial charge is 0.488 e. The van der Waals surface area contributed by atoms with Crippen molar-refractivity contribution in [2.75, 3.05) is 5.73 Å². The molecule has 0 atom stereocenters. The molecule has 106 valence electrons. The van der Waals surface area contributed by atoms with E-state index in [4.69, 9.17) is 10.5 Å². The molecule has 0 saturated heterocycles. The van der Waals surface area contributed by atoms with E-state index in [-0.39, 0.29) is 23.6 Å². The van der Waals surface area contributed by atoms with Gasteiger partial charge in [0, 0.05) is 11.3 Å². The highest BCUT2D eigenvalue weighted by molar-refractivity contribution is 5.47. The zero-order valence-electron chi connectivity index (χ0n) is 10.2. The molecule has 0 amide bonds. The van der Waals surface area contributed by atoms with Crippen molar-refractivity contribution in [3.05, 3.63) is 59.4 Å². The van der Waals surface area contributed by atoms with E-state index < -0.39 is 17.6 Å². The lowest BCUT2D eigenvalue weighted by atomic mass is 10.1. The summed E-state index contributed by atoms with van der Waals surface area (Å²) in [7, 11) is 0. The van der Waals surface area contributed by atoms with Crippen LogP contribution in [0.5, 0.6) is 5.75 Å². The van der Waals surface area contributed by atoms with Crippen LogP contribution in [0.1, 0.15) is 11.1 Å². The molecular formula is C14H11F4NO. The number of alkyl halides is 3. The highest BCUT2D eigenvalue weighted by Crippen LogP contribution is 2.36. The van der Waals surface area contributed by atoms with Gasteiger partial charge in [0.05, 0.1) is 5.56 Å². The molecule has 0 aliphatic heterocycles. The van der Waals surface area contributed by atoms with Crippen LogP contribution in [0, 0.1) is 5.82 Å². The summed E-state index contributed by atoms with van der Waals surface area (Å²) in [5.74, 6) is -0.975. The van der Waals surface area contributed by atoms with E-state index in [1.807, 2.05) is 0 Å². The topological polar surface area (TPSA) is 35.2 Å². The number of hydrogen-bond donors (Lipinski definition) is 1. The molecule has 0 heterocycles. The van der Waals surface area contributed by atoms with Gasteiger partial charge in [-0.1, -0.05) is 18.2 Å². The molecule has 0 aliphatic carbocycles. The summed E-state index contributed by atoms with van der Waals surface area (Å²) in [5, 5.41) is 0. The second-order valence-electron chi connectivity index (χ2n) is 4.09. The predicted octanol–water partition coefficient (Wildman–Crippen LogP) is 4.01. The lowest BCUT2D eigenvalue weighted by molar-refractivity contribution is -0.139. The van der Waals surface area contributed by atoms with Gasteiger partial charge in [-0.2, -0.15) is 13.2 Å². The molecule has 0 radical (unpaired) electrons. The number of nitrogens with two attached hydrogens (primary N) is 1. The molecular weight excluding hydrogens is 274 g/mol. The highest BCUT2D eigenvalue weighted by atomic mass is 19.4. The van der Waals surface area contributed by atoms with E-state index in [1.165, 1.54) is 36.4 Å². The first-order chi connectivity index (χ1) is 9.39. The fourth-order valence-electron chi connectivity index (χ4n) is 1.70. The maximum atomic E-state index is 13.5. The van der Waals surface area contributed by atoms with Crippen LogP contribution in [0.25, 0.3) is 0 Å². The molecule has 20 heavy (non-hydrogen) atoms. The van der Waals surface area contributed by atoms with E-state index >= 15 is 0 Å². The Kier molecular flexibility index (Phi) is 3.83. The van der Waals surface area contributed by atoms with Crippen molar-refractivity contribution >= 4 is 5.69 Å². The fraction of sp³-hybridized carbons (Fsp3) is 0.143. The van der Waals surface area contributed by atoms with Crippen molar-refractivity contribution in [2.45, 2.75) is 12.8 Å². The Labute approximate surface area is 112 Å². The Morgan fingerprint density at radius 2 is 1.70 bits per heavy atom. The Morgan fingerprint density at radius 3 is 2.35 bits per heavy atom. The molecule has 0 aromatic heterocycles. The van der Waals surface area contributed by atoms with Crippen molar-refractivity contribution in [2.24, 2.45) is 0 Å². The zero-order valence-corrected chi connectivity index (χ0v) is 10.2. The van der Waals surface area contributed by atoms with Gasteiger partial charge < -0.3 is 10.5 Å². The van der Waals surface area contributed by atoms with Gasteiger partial charge in [-0.15, -0.1) is 0 Å². The maximum Gasteiger partial charge on any atom is 0.419 e. The van der Waals surface area contributed by atoms with Crippen LogP contribution in [0.2, 0.25) is 0 Å². The van der Waals surface area contributed by atoms with E-state index in [0.717, 1.165) is 6.07 Å². The minimum absolute atomic E-state index is 0.0319. The van der Waals surface area contributed by atoms with E-state index in [0.29, 0.717) is 0 Å². The molecule has 0 aliphatic rings. The van der Waals surface area contributed by atoms with Crippen LogP contribution in [0.3, 0.4) is 0 Å². The molecule has 0 spiro atoms. The molecule has 2 aromatic carbocycles. The number of halogens is 4. The number of nitrogen functional groups attached to an aromatic ring is 1. The number of anilines is 1. The molecule has 0 fully saturated rings. The Balaban J connectivity index is 2.24. The minimum Gasteiger partial charge on any atom is -0.488 e. The summed E-state index contributed by atoms with van der Waals surface area (Å²) in [5.41, 5.74) is 4.83. The van der Waals surface area contributed by atoms with Crippen molar-refractivity contribution in [3.8, 4) is 5.75 Å². The first-order valence-electron chi connectivity index (χ1n) is 5.71. The predicted molar refractivity (Wildman–Crippen MR) is 66.6 cm³/mol. The molecule has 2 nitrogen and oxygen atoms in total. The number of para-hydroxylation sites is 1. The molecule has 2 rings (SSSR count). The first kappa shape index (κ1) is 14.2. The summed E-state index contributed by atoms with van der Waals surface area (Å²) < 4.78 is 56.8. The maximum absolute atomic E-state index is 13.5. The molecule has 6 heteroatoms. The fourth-order valence-corrected chi connectivity index (χ4v) is 1.70. The molecule has 2 N–H and O–H groups in total. The normalized spacial score (nSPS) is 11.4. The van der Waals surface area contributed by atoms with Crippen LogP contribution in [-0.4, -0.2) is 0 Å². The molecule has 0 saturated carbocycles. The van der Waals surface area contributed by atoms with E-state index in [1.54, 1.807) is 0 Å². The average molecular weight is 285 g/mol. The van der Waals surface area contributed by atoms with Crippen LogP contribution >= 0.6 is 0 Å². The van der Waals surface area contributed by atoms with Gasteiger partial charge in [-0.3, -0.25) is 0 Å². The second kappa shape index (κ2) is 5.40. The quantitative estimate of drug-likeness (QED) is 0.683. The van der Waals surface area contributed by atoms with Gasteiger partial charge in [-0.05, 0) is 24.3 Å². The van der Waals surface area contributed by atoms with Gasteiger partial charge in [0.1, 0.15) is 18.2 Å². The lowest BCUT2D eigenvalue weighted by Crippen LogP contribution is -2.09. The van der Waals surface area contributed by atoms with Crippen LogP contribution in [-0.2, 0) is 12.8 Å². The van der Waals surface area contributed by atoms with Crippen molar-refractivity contribution < 1.29 is 22.3 Å². The monoisotopic (exact) mass is 285 g/mol. The van der Waals surface area contributed by atoms with Gasteiger partial charge >= 0.3 is 6.18 Å². The highest BCUT2D eigenvalue weighted by Gasteiger charge is 2.34.